The predicted octanol–water partition coefficient (Wildman–Crippen LogP) is 1.50. The van der Waals surface area contributed by atoms with Crippen LogP contribution < -0.4 is 0 Å². The van der Waals surface area contributed by atoms with E-state index in [0.717, 1.165) is 25.7 Å². The van der Waals surface area contributed by atoms with Gasteiger partial charge in [0, 0.05) is 6.54 Å². The van der Waals surface area contributed by atoms with Gasteiger partial charge in [-0.25, -0.2) is 0 Å². The fourth-order valence-electron chi connectivity index (χ4n) is 3.72. The van der Waals surface area contributed by atoms with E-state index in [9.17, 15) is 19.8 Å². The first kappa shape index (κ1) is 15.3. The van der Waals surface area contributed by atoms with E-state index in [1.165, 1.54) is 0 Å². The second-order valence-corrected chi connectivity index (χ2v) is 6.16. The van der Waals surface area contributed by atoms with E-state index in [1.807, 2.05) is 6.92 Å². The maximum Gasteiger partial charge on any atom is 0.307 e. The molecule has 1 saturated carbocycles. The van der Waals surface area contributed by atoms with E-state index in [-0.39, 0.29) is 18.6 Å². The molecule has 0 aromatic heterocycles. The molecule has 0 spiro atoms. The van der Waals surface area contributed by atoms with Gasteiger partial charge in [0.1, 0.15) is 0 Å². The lowest BCUT2D eigenvalue weighted by Crippen LogP contribution is -2.49. The minimum absolute atomic E-state index is 0.0204. The summed E-state index contributed by atoms with van der Waals surface area (Å²) in [6.07, 6.45) is 5.02. The van der Waals surface area contributed by atoms with Gasteiger partial charge in [0.2, 0.25) is 5.91 Å². The normalized spacial score (nSPS) is 34.2. The van der Waals surface area contributed by atoms with E-state index in [2.05, 4.69) is 0 Å². The van der Waals surface area contributed by atoms with Gasteiger partial charge in [0.25, 0.3) is 0 Å². The third-order valence-electron chi connectivity index (χ3n) is 4.99. The summed E-state index contributed by atoms with van der Waals surface area (Å²) in [5, 5.41) is 18.8. The Balaban J connectivity index is 2.11. The first-order chi connectivity index (χ1) is 9.58. The van der Waals surface area contributed by atoms with Crippen LogP contribution in [0.2, 0.25) is 0 Å². The number of hydrogen-bond donors (Lipinski definition) is 2. The smallest absolute Gasteiger partial charge is 0.307 e. The summed E-state index contributed by atoms with van der Waals surface area (Å²) in [6, 6.07) is -0.119. The zero-order chi connectivity index (χ0) is 14.7. The number of carbonyl (C=O) groups is 2. The highest BCUT2D eigenvalue weighted by atomic mass is 16.4. The number of aliphatic hydroxyl groups is 1. The van der Waals surface area contributed by atoms with Crippen molar-refractivity contribution in [1.29, 1.82) is 0 Å². The number of carboxylic acids is 1. The summed E-state index contributed by atoms with van der Waals surface area (Å²) in [5.41, 5.74) is 0. The SMILES string of the molecule is CCC1CC(C(=O)O)C(C(=O)N2CCCCC2CO)C1. The number of nitrogens with zero attached hydrogens (tertiary/aromatic N) is 1. The van der Waals surface area contributed by atoms with Gasteiger partial charge in [-0.2, -0.15) is 0 Å². The van der Waals surface area contributed by atoms with Crippen molar-refractivity contribution < 1.29 is 19.8 Å². The molecule has 2 N–H and O–H groups in total. The first-order valence-corrected chi connectivity index (χ1v) is 7.72. The number of piperidine rings is 1. The summed E-state index contributed by atoms with van der Waals surface area (Å²) < 4.78 is 0. The molecular weight excluding hydrogens is 258 g/mol. The molecule has 20 heavy (non-hydrogen) atoms. The largest absolute Gasteiger partial charge is 0.481 e. The lowest BCUT2D eigenvalue weighted by molar-refractivity contribution is -0.151. The molecular formula is C15H25NO4. The zero-order valence-corrected chi connectivity index (χ0v) is 12.1. The molecule has 1 heterocycles. The van der Waals surface area contributed by atoms with Crippen molar-refractivity contribution in [3.63, 3.8) is 0 Å². The summed E-state index contributed by atoms with van der Waals surface area (Å²) in [7, 11) is 0. The van der Waals surface area contributed by atoms with E-state index in [1.54, 1.807) is 4.90 Å². The fourth-order valence-corrected chi connectivity index (χ4v) is 3.72. The van der Waals surface area contributed by atoms with Crippen molar-refractivity contribution in [3.8, 4) is 0 Å². The monoisotopic (exact) mass is 283 g/mol. The van der Waals surface area contributed by atoms with Crippen LogP contribution >= 0.6 is 0 Å². The summed E-state index contributed by atoms with van der Waals surface area (Å²) in [5.74, 6) is -1.51. The Bertz CT molecular complexity index is 371. The van der Waals surface area contributed by atoms with Gasteiger partial charge in [-0.15, -0.1) is 0 Å². The Morgan fingerprint density at radius 3 is 2.50 bits per heavy atom. The molecule has 1 saturated heterocycles. The van der Waals surface area contributed by atoms with Crippen molar-refractivity contribution in [3.05, 3.63) is 0 Å². The highest BCUT2D eigenvalue weighted by Gasteiger charge is 2.44. The van der Waals surface area contributed by atoms with Crippen molar-refractivity contribution in [2.24, 2.45) is 17.8 Å². The van der Waals surface area contributed by atoms with E-state index in [4.69, 9.17) is 0 Å². The minimum atomic E-state index is -0.850. The number of amides is 1. The highest BCUT2D eigenvalue weighted by Crippen LogP contribution is 2.40. The molecule has 0 aromatic carbocycles. The van der Waals surface area contributed by atoms with Crippen molar-refractivity contribution in [2.75, 3.05) is 13.2 Å². The second kappa shape index (κ2) is 6.57. The Labute approximate surface area is 120 Å². The van der Waals surface area contributed by atoms with Gasteiger partial charge in [0.05, 0.1) is 24.5 Å². The number of carbonyl (C=O) groups excluding carboxylic acids is 1. The third kappa shape index (κ3) is 2.97. The molecule has 0 bridgehead atoms. The number of hydrogen-bond acceptors (Lipinski definition) is 3. The Morgan fingerprint density at radius 2 is 1.90 bits per heavy atom. The highest BCUT2D eigenvalue weighted by molar-refractivity contribution is 5.85. The van der Waals surface area contributed by atoms with Crippen LogP contribution in [0, 0.1) is 17.8 Å². The molecule has 2 aliphatic rings. The molecule has 5 heteroatoms. The molecule has 0 aromatic rings. The molecule has 0 radical (unpaired) electrons. The van der Waals surface area contributed by atoms with E-state index < -0.39 is 17.8 Å². The number of carboxylic acid groups (broad SMARTS) is 1. The van der Waals surface area contributed by atoms with Gasteiger partial charge in [-0.3, -0.25) is 9.59 Å². The van der Waals surface area contributed by atoms with Crippen LogP contribution in [0.25, 0.3) is 0 Å². The Hall–Kier alpha value is -1.10. The molecule has 2 rings (SSSR count). The molecule has 4 atom stereocenters. The predicted molar refractivity (Wildman–Crippen MR) is 74.1 cm³/mol. The topological polar surface area (TPSA) is 77.8 Å². The van der Waals surface area contributed by atoms with Crippen LogP contribution in [0.4, 0.5) is 0 Å². The van der Waals surface area contributed by atoms with Gasteiger partial charge in [-0.05, 0) is 38.0 Å². The standard InChI is InChI=1S/C15H25NO4/c1-2-10-7-12(13(8-10)15(19)20)14(18)16-6-4-3-5-11(16)9-17/h10-13,17H,2-9H2,1H3,(H,19,20). The molecule has 4 unspecified atom stereocenters. The van der Waals surface area contributed by atoms with Crippen LogP contribution in [0.1, 0.15) is 45.4 Å². The summed E-state index contributed by atoms with van der Waals surface area (Å²) in [6.45, 7) is 2.69. The molecule has 5 nitrogen and oxygen atoms in total. The van der Waals surface area contributed by atoms with Crippen LogP contribution in [0.3, 0.4) is 0 Å². The quantitative estimate of drug-likeness (QED) is 0.819. The van der Waals surface area contributed by atoms with Gasteiger partial charge in [0.15, 0.2) is 0 Å². The zero-order valence-electron chi connectivity index (χ0n) is 12.1. The van der Waals surface area contributed by atoms with Gasteiger partial charge >= 0.3 is 5.97 Å². The van der Waals surface area contributed by atoms with Gasteiger partial charge < -0.3 is 15.1 Å². The van der Waals surface area contributed by atoms with Crippen LogP contribution in [-0.4, -0.2) is 46.2 Å². The average molecular weight is 283 g/mol. The molecule has 1 aliphatic heterocycles. The molecule has 114 valence electrons. The number of rotatable bonds is 4. The second-order valence-electron chi connectivity index (χ2n) is 6.16. The van der Waals surface area contributed by atoms with Gasteiger partial charge in [-0.1, -0.05) is 13.3 Å². The third-order valence-corrected chi connectivity index (χ3v) is 4.99. The van der Waals surface area contributed by atoms with E-state index >= 15 is 0 Å². The maximum atomic E-state index is 12.7. The van der Waals surface area contributed by atoms with Crippen LogP contribution in [0.5, 0.6) is 0 Å². The first-order valence-electron chi connectivity index (χ1n) is 7.72. The van der Waals surface area contributed by atoms with Crippen molar-refractivity contribution >= 4 is 11.9 Å². The molecule has 1 amide bonds. The Kier molecular flexibility index (Phi) is 5.02. The van der Waals surface area contributed by atoms with Crippen molar-refractivity contribution in [2.45, 2.75) is 51.5 Å². The average Bonchev–Trinajstić information content (AvgIpc) is 2.91. The fraction of sp³-hybridized carbons (Fsp3) is 0.867. The molecule has 2 fully saturated rings. The summed E-state index contributed by atoms with van der Waals surface area (Å²) >= 11 is 0. The van der Waals surface area contributed by atoms with Crippen molar-refractivity contribution in [1.82, 2.24) is 4.90 Å². The Morgan fingerprint density at radius 1 is 1.20 bits per heavy atom. The lowest BCUT2D eigenvalue weighted by Gasteiger charge is -2.37. The number of aliphatic hydroxyl groups excluding tert-OH is 1. The minimum Gasteiger partial charge on any atom is -0.481 e. The van der Waals surface area contributed by atoms with Crippen LogP contribution in [0.15, 0.2) is 0 Å². The number of likely N-dealkylation sites (tertiary alicyclic amines) is 1. The van der Waals surface area contributed by atoms with Crippen LogP contribution in [-0.2, 0) is 9.59 Å². The lowest BCUT2D eigenvalue weighted by atomic mass is 9.92. The van der Waals surface area contributed by atoms with E-state index in [0.29, 0.717) is 25.3 Å². The number of aliphatic carboxylic acids is 1. The maximum absolute atomic E-state index is 12.7. The summed E-state index contributed by atoms with van der Waals surface area (Å²) in [4.78, 5) is 25.8. The molecule has 1 aliphatic carbocycles.